The third-order valence-electron chi connectivity index (χ3n) is 3.71. The molecule has 108 valence electrons. The van der Waals surface area contributed by atoms with E-state index in [0.717, 1.165) is 24.4 Å². The van der Waals surface area contributed by atoms with Gasteiger partial charge in [-0.25, -0.2) is 0 Å². The van der Waals surface area contributed by atoms with Gasteiger partial charge >= 0.3 is 0 Å². The van der Waals surface area contributed by atoms with Gasteiger partial charge in [-0.05, 0) is 31.7 Å². The van der Waals surface area contributed by atoms with Gasteiger partial charge in [0.15, 0.2) is 0 Å². The van der Waals surface area contributed by atoms with Crippen LogP contribution in [0.5, 0.6) is 0 Å². The number of hydrogen-bond donors (Lipinski definition) is 2. The van der Waals surface area contributed by atoms with Crippen LogP contribution in [0.4, 0.5) is 0 Å². The van der Waals surface area contributed by atoms with E-state index in [4.69, 9.17) is 0 Å². The van der Waals surface area contributed by atoms with Crippen molar-refractivity contribution < 1.29 is 0 Å². The van der Waals surface area contributed by atoms with Crippen LogP contribution >= 0.6 is 0 Å². The van der Waals surface area contributed by atoms with Crippen molar-refractivity contribution in [2.75, 3.05) is 0 Å². The largest absolute Gasteiger partial charge is 0.306 e. The first-order chi connectivity index (χ1) is 9.58. The minimum Gasteiger partial charge on any atom is -0.306 e. The Morgan fingerprint density at radius 2 is 1.85 bits per heavy atom. The van der Waals surface area contributed by atoms with Crippen molar-refractivity contribution in [3.05, 3.63) is 52.8 Å². The molecule has 0 fully saturated rings. The molecular formula is C17H25N3. The van der Waals surface area contributed by atoms with Crippen molar-refractivity contribution >= 4 is 0 Å². The first-order valence-electron chi connectivity index (χ1n) is 7.36. The number of nitrogens with zero attached hydrogens (tertiary/aromatic N) is 1. The lowest BCUT2D eigenvalue weighted by atomic mass is 9.96. The molecule has 2 aromatic rings. The van der Waals surface area contributed by atoms with E-state index in [1.807, 2.05) is 0 Å². The van der Waals surface area contributed by atoms with Gasteiger partial charge in [0.2, 0.25) is 0 Å². The third-order valence-corrected chi connectivity index (χ3v) is 3.71. The summed E-state index contributed by atoms with van der Waals surface area (Å²) in [6.45, 7) is 9.54. The Hall–Kier alpha value is -1.61. The van der Waals surface area contributed by atoms with Gasteiger partial charge in [0.05, 0.1) is 5.69 Å². The first-order valence-corrected chi connectivity index (χ1v) is 7.36. The number of nitrogens with one attached hydrogen (secondary N) is 2. The molecule has 0 amide bonds. The van der Waals surface area contributed by atoms with Gasteiger partial charge < -0.3 is 5.32 Å². The van der Waals surface area contributed by atoms with E-state index in [1.165, 1.54) is 11.1 Å². The van der Waals surface area contributed by atoms with Gasteiger partial charge in [0.1, 0.15) is 0 Å². The van der Waals surface area contributed by atoms with Gasteiger partial charge in [0, 0.05) is 23.8 Å². The fourth-order valence-electron chi connectivity index (χ4n) is 2.55. The SMILES string of the molecule is Cc1n[nH]c(C)c1CNC(CC(C)C)c1ccccc1. The highest BCUT2D eigenvalue weighted by Crippen LogP contribution is 2.22. The first kappa shape index (κ1) is 14.8. The lowest BCUT2D eigenvalue weighted by molar-refractivity contribution is 0.428. The third kappa shape index (κ3) is 3.70. The van der Waals surface area contributed by atoms with Crippen molar-refractivity contribution in [1.82, 2.24) is 15.5 Å². The molecule has 3 heteroatoms. The molecule has 2 rings (SSSR count). The number of rotatable bonds is 6. The van der Waals surface area contributed by atoms with Crippen LogP contribution in [0.15, 0.2) is 30.3 Å². The molecule has 0 radical (unpaired) electrons. The smallest absolute Gasteiger partial charge is 0.0638 e. The maximum Gasteiger partial charge on any atom is 0.0638 e. The van der Waals surface area contributed by atoms with Crippen LogP contribution in [0.2, 0.25) is 0 Å². The highest BCUT2D eigenvalue weighted by Gasteiger charge is 2.14. The Kier molecular flexibility index (Phi) is 4.96. The Morgan fingerprint density at radius 1 is 1.15 bits per heavy atom. The predicted molar refractivity (Wildman–Crippen MR) is 83.5 cm³/mol. The molecule has 0 aliphatic heterocycles. The summed E-state index contributed by atoms with van der Waals surface area (Å²) >= 11 is 0. The van der Waals surface area contributed by atoms with Crippen molar-refractivity contribution in [1.29, 1.82) is 0 Å². The summed E-state index contributed by atoms with van der Waals surface area (Å²) < 4.78 is 0. The summed E-state index contributed by atoms with van der Waals surface area (Å²) in [5.41, 5.74) is 4.90. The van der Waals surface area contributed by atoms with E-state index in [1.54, 1.807) is 0 Å². The number of hydrogen-bond acceptors (Lipinski definition) is 2. The standard InChI is InChI=1S/C17H25N3/c1-12(2)10-17(15-8-6-5-7-9-15)18-11-16-13(3)19-20-14(16)4/h5-9,12,17-18H,10-11H2,1-4H3,(H,19,20). The zero-order valence-corrected chi connectivity index (χ0v) is 12.9. The number of H-pyrrole nitrogens is 1. The van der Waals surface area contributed by atoms with Crippen LogP contribution in [0.1, 0.15) is 48.8 Å². The fraction of sp³-hybridized carbons (Fsp3) is 0.471. The second kappa shape index (κ2) is 6.71. The molecule has 2 N–H and O–H groups in total. The van der Waals surface area contributed by atoms with Crippen molar-refractivity contribution in [3.8, 4) is 0 Å². The van der Waals surface area contributed by atoms with E-state index in [2.05, 4.69) is 73.5 Å². The van der Waals surface area contributed by atoms with E-state index >= 15 is 0 Å². The molecular weight excluding hydrogens is 246 g/mol. The fourth-order valence-corrected chi connectivity index (χ4v) is 2.55. The lowest BCUT2D eigenvalue weighted by Crippen LogP contribution is -2.23. The van der Waals surface area contributed by atoms with Gasteiger partial charge in [-0.1, -0.05) is 44.2 Å². The summed E-state index contributed by atoms with van der Waals surface area (Å²) in [4.78, 5) is 0. The minimum atomic E-state index is 0.393. The number of aromatic nitrogens is 2. The van der Waals surface area contributed by atoms with E-state index in [0.29, 0.717) is 12.0 Å². The molecule has 1 aromatic carbocycles. The molecule has 0 bridgehead atoms. The van der Waals surface area contributed by atoms with Crippen molar-refractivity contribution in [3.63, 3.8) is 0 Å². The topological polar surface area (TPSA) is 40.7 Å². The maximum absolute atomic E-state index is 4.26. The van der Waals surface area contributed by atoms with Gasteiger partial charge in [-0.2, -0.15) is 5.10 Å². The highest BCUT2D eigenvalue weighted by molar-refractivity contribution is 5.24. The molecule has 1 heterocycles. The number of aryl methyl sites for hydroxylation is 2. The molecule has 0 saturated carbocycles. The molecule has 0 saturated heterocycles. The highest BCUT2D eigenvalue weighted by atomic mass is 15.1. The van der Waals surface area contributed by atoms with Gasteiger partial charge in [-0.15, -0.1) is 0 Å². The number of benzene rings is 1. The maximum atomic E-state index is 4.26. The van der Waals surface area contributed by atoms with Gasteiger partial charge in [0.25, 0.3) is 0 Å². The number of aromatic amines is 1. The second-order valence-electron chi connectivity index (χ2n) is 5.89. The van der Waals surface area contributed by atoms with Crippen molar-refractivity contribution in [2.24, 2.45) is 5.92 Å². The Balaban J connectivity index is 2.09. The normalized spacial score (nSPS) is 12.8. The summed E-state index contributed by atoms with van der Waals surface area (Å²) in [6, 6.07) is 11.1. The van der Waals surface area contributed by atoms with Crippen molar-refractivity contribution in [2.45, 2.75) is 46.7 Å². The van der Waals surface area contributed by atoms with Gasteiger partial charge in [-0.3, -0.25) is 5.10 Å². The summed E-state index contributed by atoms with van der Waals surface area (Å²) in [7, 11) is 0. The van der Waals surface area contributed by atoms with E-state index in [9.17, 15) is 0 Å². The van der Waals surface area contributed by atoms with E-state index in [-0.39, 0.29) is 0 Å². The molecule has 0 aliphatic rings. The minimum absolute atomic E-state index is 0.393. The Morgan fingerprint density at radius 3 is 2.40 bits per heavy atom. The quantitative estimate of drug-likeness (QED) is 0.836. The Bertz CT molecular complexity index is 509. The molecule has 0 aliphatic carbocycles. The van der Waals surface area contributed by atoms with Crippen LogP contribution in [-0.4, -0.2) is 10.2 Å². The predicted octanol–water partition coefficient (Wildman–Crippen LogP) is 3.90. The van der Waals surface area contributed by atoms with Crippen LogP contribution in [-0.2, 0) is 6.54 Å². The zero-order valence-electron chi connectivity index (χ0n) is 12.9. The van der Waals surface area contributed by atoms with Crippen LogP contribution in [0.25, 0.3) is 0 Å². The molecule has 1 atom stereocenters. The second-order valence-corrected chi connectivity index (χ2v) is 5.89. The Labute approximate surface area is 121 Å². The molecule has 1 aromatic heterocycles. The summed E-state index contributed by atoms with van der Waals surface area (Å²) in [5.74, 6) is 0.666. The molecule has 1 unspecified atom stereocenters. The van der Waals surface area contributed by atoms with Crippen LogP contribution < -0.4 is 5.32 Å². The molecule has 0 spiro atoms. The summed E-state index contributed by atoms with van der Waals surface area (Å²) in [6.07, 6.45) is 1.14. The lowest BCUT2D eigenvalue weighted by Gasteiger charge is -2.21. The molecule has 20 heavy (non-hydrogen) atoms. The van der Waals surface area contributed by atoms with Crippen LogP contribution in [0, 0.1) is 19.8 Å². The van der Waals surface area contributed by atoms with E-state index < -0.39 is 0 Å². The summed E-state index contributed by atoms with van der Waals surface area (Å²) in [5, 5.41) is 11.0. The average Bonchev–Trinajstić information content (AvgIpc) is 2.75. The molecule has 3 nitrogen and oxygen atoms in total. The monoisotopic (exact) mass is 271 g/mol. The zero-order chi connectivity index (χ0) is 14.5. The van der Waals surface area contributed by atoms with Crippen LogP contribution in [0.3, 0.4) is 0 Å². The average molecular weight is 271 g/mol.